The molecule has 20 heavy (non-hydrogen) atoms. The van der Waals surface area contributed by atoms with Gasteiger partial charge in [0.25, 0.3) is 0 Å². The van der Waals surface area contributed by atoms with Gasteiger partial charge in [0.1, 0.15) is 0 Å². The minimum atomic E-state index is -0.512. The first kappa shape index (κ1) is 12.8. The molecular weight excluding hydrogens is 246 g/mol. The summed E-state index contributed by atoms with van der Waals surface area (Å²) in [6, 6.07) is 8.66. The van der Waals surface area contributed by atoms with Crippen molar-refractivity contribution in [3.8, 4) is 0 Å². The third-order valence-electron chi connectivity index (χ3n) is 6.16. The van der Waals surface area contributed by atoms with E-state index in [4.69, 9.17) is 5.73 Å². The topological polar surface area (TPSA) is 46.2 Å². The third kappa shape index (κ3) is 2.01. The van der Waals surface area contributed by atoms with Crippen LogP contribution in [0, 0.1) is 23.7 Å². The van der Waals surface area contributed by atoms with Gasteiger partial charge in [-0.05, 0) is 72.8 Å². The fourth-order valence-electron chi connectivity index (χ4n) is 5.55. The van der Waals surface area contributed by atoms with Crippen LogP contribution in [0.1, 0.15) is 55.3 Å². The van der Waals surface area contributed by atoms with Gasteiger partial charge in [-0.1, -0.05) is 24.3 Å². The summed E-state index contributed by atoms with van der Waals surface area (Å²) in [5.74, 6) is 4.71. The molecule has 3 N–H and O–H groups in total. The Hall–Kier alpha value is -0.860. The molecule has 2 nitrogen and oxygen atoms in total. The van der Waals surface area contributed by atoms with Crippen molar-refractivity contribution in [2.24, 2.45) is 29.4 Å². The van der Waals surface area contributed by atoms with Crippen molar-refractivity contribution < 1.29 is 5.11 Å². The Balaban J connectivity index is 1.58. The number of rotatable bonds is 3. The molecule has 1 aromatic rings. The van der Waals surface area contributed by atoms with Crippen LogP contribution >= 0.6 is 0 Å². The molecule has 0 radical (unpaired) electrons. The molecule has 0 aromatic heterocycles. The highest BCUT2D eigenvalue weighted by Gasteiger charge is 2.48. The second kappa shape index (κ2) is 4.85. The van der Waals surface area contributed by atoms with E-state index in [0.717, 1.165) is 35.2 Å². The van der Waals surface area contributed by atoms with Crippen LogP contribution in [0.15, 0.2) is 24.3 Å². The largest absolute Gasteiger partial charge is 0.387 e. The van der Waals surface area contributed by atoms with Gasteiger partial charge >= 0.3 is 0 Å². The van der Waals surface area contributed by atoms with Crippen molar-refractivity contribution in [1.29, 1.82) is 0 Å². The minimum Gasteiger partial charge on any atom is -0.387 e. The summed E-state index contributed by atoms with van der Waals surface area (Å²) < 4.78 is 0. The summed E-state index contributed by atoms with van der Waals surface area (Å²) >= 11 is 0. The number of nitrogens with two attached hydrogens (primary N) is 1. The molecular formula is C18H25NO. The van der Waals surface area contributed by atoms with Crippen molar-refractivity contribution in [2.75, 3.05) is 6.54 Å². The lowest BCUT2D eigenvalue weighted by molar-refractivity contribution is -0.00279. The van der Waals surface area contributed by atoms with Crippen LogP contribution in [0.2, 0.25) is 0 Å². The van der Waals surface area contributed by atoms with Gasteiger partial charge in [0, 0.05) is 6.54 Å². The Bertz CT molecular complexity index is 453. The van der Waals surface area contributed by atoms with Gasteiger partial charge in [-0.15, -0.1) is 0 Å². The van der Waals surface area contributed by atoms with Gasteiger partial charge in [-0.25, -0.2) is 0 Å². The van der Waals surface area contributed by atoms with Crippen molar-refractivity contribution in [3.05, 3.63) is 35.4 Å². The van der Waals surface area contributed by atoms with E-state index < -0.39 is 6.10 Å². The average Bonchev–Trinajstić information content (AvgIpc) is 2.46. The zero-order chi connectivity index (χ0) is 13.7. The molecule has 1 unspecified atom stereocenters. The fourth-order valence-corrected chi connectivity index (χ4v) is 5.55. The monoisotopic (exact) mass is 271 g/mol. The van der Waals surface area contributed by atoms with Gasteiger partial charge in [-0.3, -0.25) is 0 Å². The Kier molecular flexibility index (Phi) is 3.12. The summed E-state index contributed by atoms with van der Waals surface area (Å²) in [5, 5.41) is 9.81. The molecule has 0 aliphatic heterocycles. The van der Waals surface area contributed by atoms with E-state index in [-0.39, 0.29) is 0 Å². The molecule has 4 fully saturated rings. The number of hydrogen-bond acceptors (Lipinski definition) is 2. The zero-order valence-corrected chi connectivity index (χ0v) is 12.0. The Morgan fingerprint density at radius 1 is 0.950 bits per heavy atom. The SMILES string of the molecule is NCC(O)c1ccc(C2C3CC4CC(C3)CC2C4)cc1. The Morgan fingerprint density at radius 3 is 2.00 bits per heavy atom. The van der Waals surface area contributed by atoms with Crippen LogP contribution in [-0.2, 0) is 0 Å². The zero-order valence-electron chi connectivity index (χ0n) is 12.0. The summed E-state index contributed by atoms with van der Waals surface area (Å²) in [7, 11) is 0. The van der Waals surface area contributed by atoms with E-state index in [0.29, 0.717) is 6.54 Å². The van der Waals surface area contributed by atoms with Crippen molar-refractivity contribution >= 4 is 0 Å². The second-order valence-corrected chi connectivity index (χ2v) is 7.37. The second-order valence-electron chi connectivity index (χ2n) is 7.37. The highest BCUT2D eigenvalue weighted by molar-refractivity contribution is 5.29. The summed E-state index contributed by atoms with van der Waals surface area (Å²) in [6.07, 6.45) is 6.86. The standard InChI is InChI=1S/C18H25NO/c19-10-17(20)13-1-3-14(4-2-13)18-15-6-11-5-12(8-15)9-16(18)7-11/h1-4,11-12,15-18,20H,5-10,19H2. The highest BCUT2D eigenvalue weighted by Crippen LogP contribution is 2.59. The lowest BCUT2D eigenvalue weighted by Gasteiger charge is -2.54. The summed E-state index contributed by atoms with van der Waals surface area (Å²) in [4.78, 5) is 0. The first-order valence-electron chi connectivity index (χ1n) is 8.22. The van der Waals surface area contributed by atoms with Crippen LogP contribution in [0.25, 0.3) is 0 Å². The maximum atomic E-state index is 9.81. The summed E-state index contributed by atoms with van der Waals surface area (Å²) in [6.45, 7) is 0.303. The number of benzene rings is 1. The molecule has 1 atom stereocenters. The molecule has 4 aliphatic rings. The van der Waals surface area contributed by atoms with E-state index in [2.05, 4.69) is 24.3 Å². The van der Waals surface area contributed by atoms with Crippen molar-refractivity contribution in [3.63, 3.8) is 0 Å². The van der Waals surface area contributed by atoms with Crippen molar-refractivity contribution in [2.45, 2.75) is 44.1 Å². The molecule has 0 heterocycles. The van der Waals surface area contributed by atoms with E-state index in [1.807, 2.05) is 0 Å². The predicted octanol–water partition coefficient (Wildman–Crippen LogP) is 3.22. The van der Waals surface area contributed by atoms with Crippen LogP contribution in [0.3, 0.4) is 0 Å². The maximum absolute atomic E-state index is 9.81. The maximum Gasteiger partial charge on any atom is 0.0912 e. The van der Waals surface area contributed by atoms with Gasteiger partial charge in [0.15, 0.2) is 0 Å². The lowest BCUT2D eigenvalue weighted by Crippen LogP contribution is -2.43. The number of hydrogen-bond donors (Lipinski definition) is 2. The quantitative estimate of drug-likeness (QED) is 0.886. The molecule has 4 bridgehead atoms. The smallest absolute Gasteiger partial charge is 0.0912 e. The molecule has 4 aliphatic carbocycles. The number of aliphatic hydroxyl groups is 1. The van der Waals surface area contributed by atoms with Gasteiger partial charge in [0.2, 0.25) is 0 Å². The lowest BCUT2D eigenvalue weighted by atomic mass is 9.51. The van der Waals surface area contributed by atoms with Gasteiger partial charge in [-0.2, -0.15) is 0 Å². The summed E-state index contributed by atoms with van der Waals surface area (Å²) in [5.41, 5.74) is 7.99. The van der Waals surface area contributed by atoms with Crippen LogP contribution in [0.5, 0.6) is 0 Å². The molecule has 108 valence electrons. The molecule has 4 saturated carbocycles. The van der Waals surface area contributed by atoms with E-state index >= 15 is 0 Å². The third-order valence-corrected chi connectivity index (χ3v) is 6.16. The van der Waals surface area contributed by atoms with Crippen molar-refractivity contribution in [1.82, 2.24) is 0 Å². The fraction of sp³-hybridized carbons (Fsp3) is 0.667. The average molecular weight is 271 g/mol. The van der Waals surface area contributed by atoms with E-state index in [1.54, 1.807) is 0 Å². The first-order chi connectivity index (χ1) is 9.74. The highest BCUT2D eigenvalue weighted by atomic mass is 16.3. The first-order valence-corrected chi connectivity index (χ1v) is 8.22. The molecule has 5 rings (SSSR count). The molecule has 1 aromatic carbocycles. The van der Waals surface area contributed by atoms with Crippen LogP contribution < -0.4 is 5.73 Å². The number of aliphatic hydroxyl groups excluding tert-OH is 1. The molecule has 0 amide bonds. The predicted molar refractivity (Wildman–Crippen MR) is 80.2 cm³/mol. The molecule has 0 saturated heterocycles. The Labute approximate surface area is 121 Å². The minimum absolute atomic E-state index is 0.303. The Morgan fingerprint density at radius 2 is 1.50 bits per heavy atom. The van der Waals surface area contributed by atoms with Gasteiger partial charge in [0.05, 0.1) is 6.10 Å². The van der Waals surface area contributed by atoms with Gasteiger partial charge < -0.3 is 10.8 Å². The molecule has 2 heteroatoms. The molecule has 0 spiro atoms. The normalized spacial score (nSPS) is 40.0. The van der Waals surface area contributed by atoms with E-state index in [1.165, 1.54) is 37.7 Å². The van der Waals surface area contributed by atoms with Crippen LogP contribution in [-0.4, -0.2) is 11.7 Å². The van der Waals surface area contributed by atoms with E-state index in [9.17, 15) is 5.11 Å². The van der Waals surface area contributed by atoms with Crippen LogP contribution in [0.4, 0.5) is 0 Å².